The summed E-state index contributed by atoms with van der Waals surface area (Å²) in [7, 11) is 0. The van der Waals surface area contributed by atoms with Crippen LogP contribution in [0.4, 0.5) is 0 Å². The molecule has 0 saturated carbocycles. The fraction of sp³-hybridized carbons (Fsp3) is 0.500. The number of rotatable bonds is 1. The molecule has 0 aliphatic carbocycles. The maximum atomic E-state index is 3.15. The maximum Gasteiger partial charge on any atom is 0.0118 e. The zero-order valence-corrected chi connectivity index (χ0v) is 6.23. The number of aromatic amines is 1. The van der Waals surface area contributed by atoms with E-state index in [-0.39, 0.29) is 0 Å². The molecule has 0 aromatic carbocycles. The Kier molecular flexibility index (Phi) is 1.60. The van der Waals surface area contributed by atoms with E-state index in [0.29, 0.717) is 5.92 Å². The first-order valence-electron chi connectivity index (χ1n) is 3.35. The lowest BCUT2D eigenvalue weighted by Gasteiger charge is -1.96. The minimum absolute atomic E-state index is 0.648. The largest absolute Gasteiger partial charge is 0.365 e. The van der Waals surface area contributed by atoms with Crippen LogP contribution in [0.1, 0.15) is 31.0 Å². The number of H-pyrrole nitrogens is 1. The van der Waals surface area contributed by atoms with E-state index in [2.05, 4.69) is 38.0 Å². The first-order chi connectivity index (χ1) is 4.20. The molecule has 0 atom stereocenters. The topological polar surface area (TPSA) is 15.8 Å². The molecule has 0 unspecified atom stereocenters. The predicted octanol–water partition coefficient (Wildman–Crippen LogP) is 2.45. The van der Waals surface area contributed by atoms with Crippen molar-refractivity contribution in [3.8, 4) is 0 Å². The molecule has 1 nitrogen and oxygen atoms in total. The molecular weight excluding hydrogens is 110 g/mol. The van der Waals surface area contributed by atoms with Crippen molar-refractivity contribution >= 4 is 0 Å². The molecule has 50 valence electrons. The lowest BCUT2D eigenvalue weighted by atomic mass is 10.1. The van der Waals surface area contributed by atoms with Gasteiger partial charge in [-0.15, -0.1) is 0 Å². The summed E-state index contributed by atoms with van der Waals surface area (Å²) < 4.78 is 0. The van der Waals surface area contributed by atoms with Crippen LogP contribution in [0.5, 0.6) is 0 Å². The standard InChI is InChI=1S/C8H13N/c1-6(2)8-4-7(3)9-5-8/h4-6,9H,1-3H3. The SMILES string of the molecule is Cc1cc(C(C)C)c[nH]1. The van der Waals surface area contributed by atoms with Gasteiger partial charge >= 0.3 is 0 Å². The Morgan fingerprint density at radius 1 is 1.44 bits per heavy atom. The van der Waals surface area contributed by atoms with Gasteiger partial charge in [0.05, 0.1) is 0 Å². The summed E-state index contributed by atoms with van der Waals surface area (Å²) >= 11 is 0. The first-order valence-corrected chi connectivity index (χ1v) is 3.35. The minimum Gasteiger partial charge on any atom is -0.365 e. The fourth-order valence-electron chi connectivity index (χ4n) is 0.864. The summed E-state index contributed by atoms with van der Waals surface area (Å²) in [6.45, 7) is 6.47. The number of hydrogen-bond acceptors (Lipinski definition) is 0. The number of nitrogens with one attached hydrogen (secondary N) is 1. The van der Waals surface area contributed by atoms with E-state index in [1.807, 2.05) is 0 Å². The summed E-state index contributed by atoms with van der Waals surface area (Å²) in [5.41, 5.74) is 2.64. The van der Waals surface area contributed by atoms with E-state index in [9.17, 15) is 0 Å². The van der Waals surface area contributed by atoms with Gasteiger partial charge in [-0.3, -0.25) is 0 Å². The number of aromatic nitrogens is 1. The number of hydrogen-bond donors (Lipinski definition) is 1. The summed E-state index contributed by atoms with van der Waals surface area (Å²) in [6.07, 6.45) is 2.07. The van der Waals surface area contributed by atoms with E-state index in [0.717, 1.165) is 0 Å². The first kappa shape index (κ1) is 6.40. The Bertz CT molecular complexity index is 186. The van der Waals surface area contributed by atoms with Crippen LogP contribution in [0, 0.1) is 6.92 Å². The van der Waals surface area contributed by atoms with Gasteiger partial charge in [-0.2, -0.15) is 0 Å². The molecule has 0 amide bonds. The average Bonchev–Trinajstić information content (AvgIpc) is 2.14. The molecule has 0 saturated heterocycles. The lowest BCUT2D eigenvalue weighted by Crippen LogP contribution is -1.80. The van der Waals surface area contributed by atoms with Crippen LogP contribution in [-0.4, -0.2) is 4.98 Å². The Balaban J connectivity index is 2.85. The van der Waals surface area contributed by atoms with Crippen molar-refractivity contribution < 1.29 is 0 Å². The smallest absolute Gasteiger partial charge is 0.0118 e. The minimum atomic E-state index is 0.648. The van der Waals surface area contributed by atoms with Crippen LogP contribution in [0.15, 0.2) is 12.3 Å². The van der Waals surface area contributed by atoms with Crippen molar-refractivity contribution in [3.05, 3.63) is 23.5 Å². The molecule has 1 aromatic rings. The molecule has 9 heavy (non-hydrogen) atoms. The number of aryl methyl sites for hydroxylation is 1. The zero-order chi connectivity index (χ0) is 6.85. The van der Waals surface area contributed by atoms with Crippen LogP contribution in [0.2, 0.25) is 0 Å². The quantitative estimate of drug-likeness (QED) is 0.590. The van der Waals surface area contributed by atoms with E-state index in [1.165, 1.54) is 11.3 Å². The molecule has 1 N–H and O–H groups in total. The molecule has 1 heteroatoms. The molecule has 0 fully saturated rings. The second kappa shape index (κ2) is 2.26. The maximum absolute atomic E-state index is 3.15. The fourth-order valence-corrected chi connectivity index (χ4v) is 0.864. The van der Waals surface area contributed by atoms with Crippen LogP contribution >= 0.6 is 0 Å². The summed E-state index contributed by atoms with van der Waals surface area (Å²) in [6, 6.07) is 2.19. The van der Waals surface area contributed by atoms with Crippen molar-refractivity contribution in [3.63, 3.8) is 0 Å². The highest BCUT2D eigenvalue weighted by Crippen LogP contribution is 2.13. The summed E-state index contributed by atoms with van der Waals surface area (Å²) in [4.78, 5) is 3.15. The third kappa shape index (κ3) is 1.35. The molecule has 0 aliphatic rings. The predicted molar refractivity (Wildman–Crippen MR) is 39.6 cm³/mol. The van der Waals surface area contributed by atoms with E-state index < -0.39 is 0 Å². The molecule has 0 spiro atoms. The Morgan fingerprint density at radius 3 is 2.33 bits per heavy atom. The van der Waals surface area contributed by atoms with Gasteiger partial charge in [-0.1, -0.05) is 13.8 Å². The highest BCUT2D eigenvalue weighted by molar-refractivity contribution is 5.18. The van der Waals surface area contributed by atoms with E-state index in [4.69, 9.17) is 0 Å². The highest BCUT2D eigenvalue weighted by Gasteiger charge is 1.98. The average molecular weight is 123 g/mol. The zero-order valence-electron chi connectivity index (χ0n) is 6.23. The van der Waals surface area contributed by atoms with Crippen molar-refractivity contribution in [2.24, 2.45) is 0 Å². The van der Waals surface area contributed by atoms with Gasteiger partial charge in [-0.05, 0) is 24.5 Å². The molecule has 0 aliphatic heterocycles. The third-order valence-corrected chi connectivity index (χ3v) is 1.52. The van der Waals surface area contributed by atoms with E-state index in [1.54, 1.807) is 0 Å². The van der Waals surface area contributed by atoms with Gasteiger partial charge in [0.15, 0.2) is 0 Å². The van der Waals surface area contributed by atoms with Crippen LogP contribution in [-0.2, 0) is 0 Å². The Hall–Kier alpha value is -0.720. The van der Waals surface area contributed by atoms with Gasteiger partial charge in [-0.25, -0.2) is 0 Å². The molecule has 1 rings (SSSR count). The molecule has 0 radical (unpaired) electrons. The highest BCUT2D eigenvalue weighted by atomic mass is 14.7. The Labute approximate surface area is 56.1 Å². The van der Waals surface area contributed by atoms with Gasteiger partial charge in [0.1, 0.15) is 0 Å². The van der Waals surface area contributed by atoms with Gasteiger partial charge in [0.2, 0.25) is 0 Å². The van der Waals surface area contributed by atoms with Gasteiger partial charge in [0, 0.05) is 11.9 Å². The second-order valence-electron chi connectivity index (χ2n) is 2.77. The summed E-state index contributed by atoms with van der Waals surface area (Å²) in [5, 5.41) is 0. The van der Waals surface area contributed by atoms with Crippen molar-refractivity contribution in [2.75, 3.05) is 0 Å². The second-order valence-corrected chi connectivity index (χ2v) is 2.77. The van der Waals surface area contributed by atoms with Crippen molar-refractivity contribution in [2.45, 2.75) is 26.7 Å². The molecule has 1 heterocycles. The van der Waals surface area contributed by atoms with Crippen LogP contribution in [0.3, 0.4) is 0 Å². The Morgan fingerprint density at radius 2 is 2.11 bits per heavy atom. The van der Waals surface area contributed by atoms with Crippen LogP contribution in [0.25, 0.3) is 0 Å². The monoisotopic (exact) mass is 123 g/mol. The lowest BCUT2D eigenvalue weighted by molar-refractivity contribution is 0.868. The van der Waals surface area contributed by atoms with Crippen molar-refractivity contribution in [1.82, 2.24) is 4.98 Å². The normalized spacial score (nSPS) is 10.7. The third-order valence-electron chi connectivity index (χ3n) is 1.52. The van der Waals surface area contributed by atoms with Gasteiger partial charge < -0.3 is 4.98 Å². The molecule has 1 aromatic heterocycles. The summed E-state index contributed by atoms with van der Waals surface area (Å²) in [5.74, 6) is 0.648. The van der Waals surface area contributed by atoms with Gasteiger partial charge in [0.25, 0.3) is 0 Å². The van der Waals surface area contributed by atoms with Crippen molar-refractivity contribution in [1.29, 1.82) is 0 Å². The van der Waals surface area contributed by atoms with Crippen LogP contribution < -0.4 is 0 Å². The van der Waals surface area contributed by atoms with E-state index >= 15 is 0 Å². The molecule has 0 bridgehead atoms. The molecular formula is C8H13N.